The van der Waals surface area contributed by atoms with Crippen molar-refractivity contribution in [2.45, 2.75) is 19.9 Å². The highest BCUT2D eigenvalue weighted by Gasteiger charge is 2.15. The van der Waals surface area contributed by atoms with E-state index in [1.165, 1.54) is 16.7 Å². The van der Waals surface area contributed by atoms with Gasteiger partial charge >= 0.3 is 0 Å². The average molecular weight is 260 g/mol. The lowest BCUT2D eigenvalue weighted by Gasteiger charge is -2.20. The molecule has 1 nitrogen and oxygen atoms in total. The van der Waals surface area contributed by atoms with Crippen molar-refractivity contribution in [3.63, 3.8) is 0 Å². The van der Waals surface area contributed by atoms with Crippen LogP contribution in [0.1, 0.15) is 28.3 Å². The molecule has 2 rings (SSSR count). The van der Waals surface area contributed by atoms with E-state index < -0.39 is 0 Å². The largest absolute Gasteiger partial charge is 0.309 e. The molecule has 18 heavy (non-hydrogen) atoms. The van der Waals surface area contributed by atoms with Gasteiger partial charge in [0.2, 0.25) is 0 Å². The van der Waals surface area contributed by atoms with Gasteiger partial charge in [-0.25, -0.2) is 0 Å². The molecule has 1 unspecified atom stereocenters. The molecule has 2 aromatic rings. The number of aryl methyl sites for hydroxylation is 2. The Morgan fingerprint density at radius 1 is 1.00 bits per heavy atom. The second-order valence-corrected chi connectivity index (χ2v) is 5.00. The van der Waals surface area contributed by atoms with Crippen molar-refractivity contribution in [1.82, 2.24) is 5.32 Å². The zero-order valence-corrected chi connectivity index (χ0v) is 11.8. The monoisotopic (exact) mass is 259 g/mol. The Hall–Kier alpha value is -1.31. The first-order valence-corrected chi connectivity index (χ1v) is 6.50. The summed E-state index contributed by atoms with van der Waals surface area (Å²) < 4.78 is 0. The minimum absolute atomic E-state index is 0.137. The molecule has 94 valence electrons. The van der Waals surface area contributed by atoms with Gasteiger partial charge < -0.3 is 5.32 Å². The van der Waals surface area contributed by atoms with Crippen molar-refractivity contribution in [3.8, 4) is 0 Å². The van der Waals surface area contributed by atoms with Gasteiger partial charge in [-0.15, -0.1) is 0 Å². The SMILES string of the molecule is CNC(c1ccccc1)c1cc(C)c(C)cc1Cl. The molecule has 0 saturated heterocycles. The zero-order valence-electron chi connectivity index (χ0n) is 11.0. The summed E-state index contributed by atoms with van der Waals surface area (Å²) >= 11 is 6.38. The lowest BCUT2D eigenvalue weighted by molar-refractivity contribution is 0.691. The molecule has 0 heterocycles. The topological polar surface area (TPSA) is 12.0 Å². The summed E-state index contributed by atoms with van der Waals surface area (Å²) in [6.07, 6.45) is 0. The molecule has 1 N–H and O–H groups in total. The van der Waals surface area contributed by atoms with Crippen molar-refractivity contribution in [3.05, 3.63) is 69.7 Å². The van der Waals surface area contributed by atoms with Crippen LogP contribution in [-0.4, -0.2) is 7.05 Å². The highest BCUT2D eigenvalue weighted by atomic mass is 35.5. The molecule has 0 radical (unpaired) electrons. The number of hydrogen-bond acceptors (Lipinski definition) is 1. The second-order valence-electron chi connectivity index (χ2n) is 4.59. The van der Waals surface area contributed by atoms with Crippen molar-refractivity contribution in [1.29, 1.82) is 0 Å². The predicted molar refractivity (Wildman–Crippen MR) is 78.3 cm³/mol. The second kappa shape index (κ2) is 5.55. The number of halogens is 1. The molecule has 0 amide bonds. The molecule has 0 aliphatic carbocycles. The average Bonchev–Trinajstić information content (AvgIpc) is 2.38. The van der Waals surface area contributed by atoms with Crippen LogP contribution >= 0.6 is 11.6 Å². The van der Waals surface area contributed by atoms with E-state index in [1.54, 1.807) is 0 Å². The Labute approximate surface area is 114 Å². The summed E-state index contributed by atoms with van der Waals surface area (Å²) in [6.45, 7) is 4.20. The van der Waals surface area contributed by atoms with E-state index in [9.17, 15) is 0 Å². The molecule has 2 aromatic carbocycles. The van der Waals surface area contributed by atoms with Crippen molar-refractivity contribution < 1.29 is 0 Å². The van der Waals surface area contributed by atoms with Gasteiger partial charge in [0.1, 0.15) is 0 Å². The van der Waals surface area contributed by atoms with Gasteiger partial charge in [0, 0.05) is 5.02 Å². The third kappa shape index (κ3) is 2.58. The Balaban J connectivity index is 2.49. The summed E-state index contributed by atoms with van der Waals surface area (Å²) in [6, 6.07) is 14.7. The lowest BCUT2D eigenvalue weighted by atomic mass is 9.95. The number of hydrogen-bond donors (Lipinski definition) is 1. The first-order chi connectivity index (χ1) is 8.63. The standard InChI is InChI=1S/C16H18ClN/c1-11-9-14(15(17)10-12(11)2)16(18-3)13-7-5-4-6-8-13/h4-10,16,18H,1-3H3. The van der Waals surface area contributed by atoms with Crippen LogP contribution < -0.4 is 5.32 Å². The molecule has 0 aliphatic rings. The van der Waals surface area contributed by atoms with Crippen LogP contribution in [0.15, 0.2) is 42.5 Å². The Morgan fingerprint density at radius 2 is 1.61 bits per heavy atom. The third-order valence-electron chi connectivity index (χ3n) is 3.35. The molecule has 1 atom stereocenters. The van der Waals surface area contributed by atoms with Crippen LogP contribution in [0.4, 0.5) is 0 Å². The molecule has 0 aliphatic heterocycles. The quantitative estimate of drug-likeness (QED) is 0.868. The van der Waals surface area contributed by atoms with Crippen LogP contribution in [0.25, 0.3) is 0 Å². The van der Waals surface area contributed by atoms with Gasteiger partial charge in [0.25, 0.3) is 0 Å². The number of rotatable bonds is 3. The fourth-order valence-electron chi connectivity index (χ4n) is 2.17. The molecular formula is C16H18ClN. The van der Waals surface area contributed by atoms with Crippen LogP contribution in [0.5, 0.6) is 0 Å². The van der Waals surface area contributed by atoms with Gasteiger partial charge in [0.05, 0.1) is 6.04 Å². The highest BCUT2D eigenvalue weighted by Crippen LogP contribution is 2.30. The van der Waals surface area contributed by atoms with Gasteiger partial charge in [-0.05, 0) is 49.2 Å². The summed E-state index contributed by atoms with van der Waals surface area (Å²) in [5.74, 6) is 0. The zero-order chi connectivity index (χ0) is 13.1. The van der Waals surface area contributed by atoms with E-state index in [0.717, 1.165) is 10.6 Å². The summed E-state index contributed by atoms with van der Waals surface area (Å²) in [4.78, 5) is 0. The fraction of sp³-hybridized carbons (Fsp3) is 0.250. The molecule has 0 bridgehead atoms. The summed E-state index contributed by atoms with van der Waals surface area (Å²) in [5, 5.41) is 4.16. The first kappa shape index (κ1) is 13.1. The maximum absolute atomic E-state index is 6.38. The Morgan fingerprint density at radius 3 is 2.22 bits per heavy atom. The van der Waals surface area contributed by atoms with Gasteiger partial charge in [-0.1, -0.05) is 48.0 Å². The van der Waals surface area contributed by atoms with E-state index in [1.807, 2.05) is 19.2 Å². The van der Waals surface area contributed by atoms with E-state index in [2.05, 4.69) is 49.5 Å². The van der Waals surface area contributed by atoms with Gasteiger partial charge in [-0.2, -0.15) is 0 Å². The third-order valence-corrected chi connectivity index (χ3v) is 3.67. The van der Waals surface area contributed by atoms with Gasteiger partial charge in [-0.3, -0.25) is 0 Å². The molecule has 0 fully saturated rings. The van der Waals surface area contributed by atoms with Gasteiger partial charge in [0.15, 0.2) is 0 Å². The highest BCUT2D eigenvalue weighted by molar-refractivity contribution is 6.31. The van der Waals surface area contributed by atoms with E-state index in [4.69, 9.17) is 11.6 Å². The van der Waals surface area contributed by atoms with E-state index in [-0.39, 0.29) is 6.04 Å². The minimum Gasteiger partial charge on any atom is -0.309 e. The van der Waals surface area contributed by atoms with E-state index in [0.29, 0.717) is 0 Å². The number of benzene rings is 2. The van der Waals surface area contributed by atoms with Crippen LogP contribution in [-0.2, 0) is 0 Å². The van der Waals surface area contributed by atoms with Crippen molar-refractivity contribution in [2.75, 3.05) is 7.05 Å². The smallest absolute Gasteiger partial charge is 0.0589 e. The van der Waals surface area contributed by atoms with Crippen molar-refractivity contribution in [2.24, 2.45) is 0 Å². The first-order valence-electron chi connectivity index (χ1n) is 6.12. The maximum Gasteiger partial charge on any atom is 0.0589 e. The molecule has 0 saturated carbocycles. The normalized spacial score (nSPS) is 12.4. The number of nitrogens with one attached hydrogen (secondary N) is 1. The summed E-state index contributed by atoms with van der Waals surface area (Å²) in [7, 11) is 1.96. The lowest BCUT2D eigenvalue weighted by Crippen LogP contribution is -2.18. The van der Waals surface area contributed by atoms with E-state index >= 15 is 0 Å². The van der Waals surface area contributed by atoms with Crippen LogP contribution in [0.3, 0.4) is 0 Å². The molecule has 0 spiro atoms. The molecule has 2 heteroatoms. The summed E-state index contributed by atoms with van der Waals surface area (Å²) in [5.41, 5.74) is 4.86. The van der Waals surface area contributed by atoms with Crippen LogP contribution in [0.2, 0.25) is 5.02 Å². The Bertz CT molecular complexity index is 534. The maximum atomic E-state index is 6.38. The fourth-order valence-corrected chi connectivity index (χ4v) is 2.50. The Kier molecular flexibility index (Phi) is 4.05. The minimum atomic E-state index is 0.137. The predicted octanol–water partition coefficient (Wildman–Crippen LogP) is 4.27. The van der Waals surface area contributed by atoms with Crippen molar-refractivity contribution >= 4 is 11.6 Å². The van der Waals surface area contributed by atoms with Crippen LogP contribution in [0, 0.1) is 13.8 Å². The molecular weight excluding hydrogens is 242 g/mol. The molecule has 0 aromatic heterocycles.